The topological polar surface area (TPSA) is 52.5 Å². The number of hydrogen-bond donors (Lipinski definition) is 1. The van der Waals surface area contributed by atoms with Crippen molar-refractivity contribution in [2.45, 2.75) is 26.4 Å². The first-order valence-corrected chi connectivity index (χ1v) is 8.70. The monoisotopic (exact) mass is 326 g/mol. The number of aliphatic hydroxyl groups excluding tert-OH is 1. The minimum atomic E-state index is -0.425. The van der Waals surface area contributed by atoms with Crippen LogP contribution in [-0.2, 0) is 6.42 Å². The normalized spacial score (nSPS) is 17.0. The van der Waals surface area contributed by atoms with Gasteiger partial charge in [0.15, 0.2) is 0 Å². The average molecular weight is 326 g/mol. The van der Waals surface area contributed by atoms with E-state index < -0.39 is 6.10 Å². The molecule has 1 atom stereocenters. The molecule has 24 heavy (non-hydrogen) atoms. The number of aryl methyl sites for hydroxylation is 2. The van der Waals surface area contributed by atoms with E-state index in [4.69, 9.17) is 0 Å². The summed E-state index contributed by atoms with van der Waals surface area (Å²) < 4.78 is 0. The zero-order valence-corrected chi connectivity index (χ0v) is 14.5. The number of piperazine rings is 1. The summed E-state index contributed by atoms with van der Waals surface area (Å²) in [6, 6.07) is 12.0. The van der Waals surface area contributed by atoms with Crippen molar-refractivity contribution in [3.05, 3.63) is 53.5 Å². The third-order valence-corrected chi connectivity index (χ3v) is 4.55. The van der Waals surface area contributed by atoms with Crippen LogP contribution in [0.2, 0.25) is 0 Å². The molecule has 5 heteroatoms. The van der Waals surface area contributed by atoms with Crippen molar-refractivity contribution in [3.63, 3.8) is 0 Å². The zero-order chi connectivity index (χ0) is 16.9. The van der Waals surface area contributed by atoms with Crippen LogP contribution < -0.4 is 4.90 Å². The summed E-state index contributed by atoms with van der Waals surface area (Å²) in [5, 5.41) is 10.4. The van der Waals surface area contributed by atoms with Crippen LogP contribution in [-0.4, -0.2) is 52.7 Å². The van der Waals surface area contributed by atoms with Crippen LogP contribution in [0.1, 0.15) is 30.1 Å². The van der Waals surface area contributed by atoms with Gasteiger partial charge in [0.05, 0.1) is 6.10 Å². The number of hydrogen-bond acceptors (Lipinski definition) is 5. The molecule has 0 bridgehead atoms. The molecule has 1 aliphatic heterocycles. The summed E-state index contributed by atoms with van der Waals surface area (Å²) in [5.74, 6) is 1.87. The molecule has 1 aliphatic rings. The Labute approximate surface area is 144 Å². The first kappa shape index (κ1) is 16.9. The standard InChI is InChI=1S/C19H26N4O/c1-3-17-13-19(21-15(2)20-17)23-11-9-22(10-12-23)14-18(24)16-7-5-4-6-8-16/h4-8,13,18,24H,3,9-12,14H2,1-2H3. The fourth-order valence-corrected chi connectivity index (χ4v) is 3.14. The second-order valence-corrected chi connectivity index (χ2v) is 6.33. The van der Waals surface area contributed by atoms with Crippen LogP contribution in [0.4, 0.5) is 5.82 Å². The first-order valence-electron chi connectivity index (χ1n) is 8.70. The van der Waals surface area contributed by atoms with Crippen molar-refractivity contribution in [1.29, 1.82) is 0 Å². The van der Waals surface area contributed by atoms with Crippen LogP contribution in [0.3, 0.4) is 0 Å². The van der Waals surface area contributed by atoms with Crippen LogP contribution in [0, 0.1) is 6.92 Å². The van der Waals surface area contributed by atoms with Gasteiger partial charge in [0.25, 0.3) is 0 Å². The van der Waals surface area contributed by atoms with Crippen molar-refractivity contribution in [2.75, 3.05) is 37.6 Å². The molecule has 1 fully saturated rings. The Morgan fingerprint density at radius 1 is 1.08 bits per heavy atom. The molecule has 1 unspecified atom stereocenters. The Hall–Kier alpha value is -1.98. The van der Waals surface area contributed by atoms with Crippen molar-refractivity contribution in [2.24, 2.45) is 0 Å². The lowest BCUT2D eigenvalue weighted by atomic mass is 10.1. The fourth-order valence-electron chi connectivity index (χ4n) is 3.14. The predicted molar refractivity (Wildman–Crippen MR) is 96.2 cm³/mol. The third kappa shape index (κ3) is 4.10. The molecule has 1 saturated heterocycles. The molecular weight excluding hydrogens is 300 g/mol. The van der Waals surface area contributed by atoms with Crippen LogP contribution in [0.5, 0.6) is 0 Å². The number of anilines is 1. The molecule has 128 valence electrons. The third-order valence-electron chi connectivity index (χ3n) is 4.55. The highest BCUT2D eigenvalue weighted by Crippen LogP contribution is 2.18. The van der Waals surface area contributed by atoms with E-state index in [1.54, 1.807) is 0 Å². The first-order chi connectivity index (χ1) is 11.7. The van der Waals surface area contributed by atoms with Gasteiger partial charge < -0.3 is 10.0 Å². The largest absolute Gasteiger partial charge is 0.387 e. The maximum atomic E-state index is 10.4. The van der Waals surface area contributed by atoms with Gasteiger partial charge in [-0.3, -0.25) is 4.90 Å². The predicted octanol–water partition coefficient (Wildman–Crippen LogP) is 2.20. The quantitative estimate of drug-likeness (QED) is 0.913. The van der Waals surface area contributed by atoms with Gasteiger partial charge in [-0.15, -0.1) is 0 Å². The summed E-state index contributed by atoms with van der Waals surface area (Å²) in [6.45, 7) is 8.50. The molecule has 1 N–H and O–H groups in total. The molecule has 3 rings (SSSR count). The van der Waals surface area contributed by atoms with Crippen LogP contribution in [0.15, 0.2) is 36.4 Å². The molecule has 2 heterocycles. The molecule has 5 nitrogen and oxygen atoms in total. The second-order valence-electron chi connectivity index (χ2n) is 6.33. The lowest BCUT2D eigenvalue weighted by Crippen LogP contribution is -2.47. The van der Waals surface area contributed by atoms with Gasteiger partial charge in [-0.2, -0.15) is 0 Å². The number of β-amino-alcohol motifs (C(OH)–C–C–N with tert-alkyl or cyclic N) is 1. The summed E-state index contributed by atoms with van der Waals surface area (Å²) in [5.41, 5.74) is 2.08. The van der Waals surface area contributed by atoms with E-state index in [-0.39, 0.29) is 0 Å². The molecule has 0 amide bonds. The van der Waals surface area contributed by atoms with E-state index in [2.05, 4.69) is 32.8 Å². The Balaban J connectivity index is 1.57. The smallest absolute Gasteiger partial charge is 0.132 e. The van der Waals surface area contributed by atoms with E-state index in [0.717, 1.165) is 55.5 Å². The molecule has 1 aromatic carbocycles. The number of rotatable bonds is 5. The molecule has 2 aromatic rings. The Morgan fingerprint density at radius 2 is 1.79 bits per heavy atom. The average Bonchev–Trinajstić information content (AvgIpc) is 2.62. The number of aromatic nitrogens is 2. The van der Waals surface area contributed by atoms with Gasteiger partial charge in [0.2, 0.25) is 0 Å². The molecule has 0 aliphatic carbocycles. The van der Waals surface area contributed by atoms with Gasteiger partial charge in [-0.1, -0.05) is 37.3 Å². The van der Waals surface area contributed by atoms with E-state index >= 15 is 0 Å². The van der Waals surface area contributed by atoms with E-state index in [1.807, 2.05) is 37.3 Å². The zero-order valence-electron chi connectivity index (χ0n) is 14.5. The van der Waals surface area contributed by atoms with Crippen molar-refractivity contribution < 1.29 is 5.11 Å². The van der Waals surface area contributed by atoms with Gasteiger partial charge in [0.1, 0.15) is 11.6 Å². The Morgan fingerprint density at radius 3 is 2.46 bits per heavy atom. The molecule has 0 saturated carbocycles. The molecule has 0 radical (unpaired) electrons. The number of aliphatic hydroxyl groups is 1. The lowest BCUT2D eigenvalue weighted by molar-refractivity contribution is 0.109. The Kier molecular flexibility index (Phi) is 5.43. The SMILES string of the molecule is CCc1cc(N2CCN(CC(O)c3ccccc3)CC2)nc(C)n1. The van der Waals surface area contributed by atoms with Crippen molar-refractivity contribution in [3.8, 4) is 0 Å². The minimum Gasteiger partial charge on any atom is -0.387 e. The maximum absolute atomic E-state index is 10.4. The highest BCUT2D eigenvalue weighted by atomic mass is 16.3. The minimum absolute atomic E-state index is 0.425. The summed E-state index contributed by atoms with van der Waals surface area (Å²) in [7, 11) is 0. The maximum Gasteiger partial charge on any atom is 0.132 e. The summed E-state index contributed by atoms with van der Waals surface area (Å²) in [6.07, 6.45) is 0.505. The van der Waals surface area contributed by atoms with Gasteiger partial charge >= 0.3 is 0 Å². The number of nitrogens with zero attached hydrogens (tertiary/aromatic N) is 4. The van der Waals surface area contributed by atoms with E-state index in [0.29, 0.717) is 6.54 Å². The molecule has 1 aromatic heterocycles. The highest BCUT2D eigenvalue weighted by Gasteiger charge is 2.21. The number of benzene rings is 1. The van der Waals surface area contributed by atoms with Crippen molar-refractivity contribution in [1.82, 2.24) is 14.9 Å². The van der Waals surface area contributed by atoms with E-state index in [9.17, 15) is 5.11 Å². The second kappa shape index (κ2) is 7.73. The van der Waals surface area contributed by atoms with Gasteiger partial charge in [-0.05, 0) is 18.9 Å². The fraction of sp³-hybridized carbons (Fsp3) is 0.474. The Bertz CT molecular complexity index is 654. The van der Waals surface area contributed by atoms with E-state index in [1.165, 1.54) is 0 Å². The summed E-state index contributed by atoms with van der Waals surface area (Å²) in [4.78, 5) is 13.7. The lowest BCUT2D eigenvalue weighted by Gasteiger charge is -2.36. The van der Waals surface area contributed by atoms with Gasteiger partial charge in [0, 0.05) is 44.5 Å². The van der Waals surface area contributed by atoms with Crippen LogP contribution >= 0.6 is 0 Å². The van der Waals surface area contributed by atoms with Crippen LogP contribution in [0.25, 0.3) is 0 Å². The molecule has 0 spiro atoms. The molecular formula is C19H26N4O. The highest BCUT2D eigenvalue weighted by molar-refractivity contribution is 5.40. The van der Waals surface area contributed by atoms with Crippen molar-refractivity contribution >= 4 is 5.82 Å². The van der Waals surface area contributed by atoms with Gasteiger partial charge in [-0.25, -0.2) is 9.97 Å². The summed E-state index contributed by atoms with van der Waals surface area (Å²) >= 11 is 0.